The zero-order chi connectivity index (χ0) is 5.98. The van der Waals surface area contributed by atoms with Crippen molar-refractivity contribution in [3.63, 3.8) is 0 Å². The highest BCUT2D eigenvalue weighted by atomic mass is 16.6. The molecule has 0 amide bonds. The van der Waals surface area contributed by atoms with E-state index in [4.69, 9.17) is 9.84 Å². The molecule has 1 aliphatic rings. The smallest absolute Gasteiger partial charge is 0.154 e. The fraction of sp³-hybridized carbons (Fsp3) is 1.00. The highest BCUT2D eigenvalue weighted by molar-refractivity contribution is 4.59. The Hall–Kier alpha value is -0.0800. The van der Waals surface area contributed by atoms with Crippen molar-refractivity contribution in [1.29, 1.82) is 0 Å². The average Bonchev–Trinajstić information content (AvgIpc) is 1.64. The second-order valence-corrected chi connectivity index (χ2v) is 2.45. The van der Waals surface area contributed by atoms with Crippen LogP contribution >= 0.6 is 0 Å². The summed E-state index contributed by atoms with van der Waals surface area (Å²) in [6.07, 6.45) is 1.41. The van der Waals surface area contributed by atoms with Crippen molar-refractivity contribution >= 4 is 0 Å². The fourth-order valence-corrected chi connectivity index (χ4v) is 0.935. The standard InChI is InChI=1S/C6H12O2/c1-5-2-3-8-6(7)4-5/h5-7H,2-4H2,1H3. The van der Waals surface area contributed by atoms with Gasteiger partial charge in [-0.05, 0) is 12.3 Å². The van der Waals surface area contributed by atoms with Crippen molar-refractivity contribution in [3.8, 4) is 0 Å². The molecule has 1 fully saturated rings. The maximum atomic E-state index is 8.86. The van der Waals surface area contributed by atoms with E-state index in [0.29, 0.717) is 5.92 Å². The highest BCUT2D eigenvalue weighted by Gasteiger charge is 2.15. The van der Waals surface area contributed by atoms with E-state index in [1.165, 1.54) is 0 Å². The molecule has 2 atom stereocenters. The van der Waals surface area contributed by atoms with Gasteiger partial charge < -0.3 is 9.84 Å². The first-order chi connectivity index (χ1) is 3.79. The van der Waals surface area contributed by atoms with Gasteiger partial charge in [0.25, 0.3) is 0 Å². The second-order valence-electron chi connectivity index (χ2n) is 2.45. The van der Waals surface area contributed by atoms with Crippen molar-refractivity contribution in [2.75, 3.05) is 6.61 Å². The summed E-state index contributed by atoms with van der Waals surface area (Å²) in [5.74, 6) is 0.638. The Balaban J connectivity index is 2.23. The maximum absolute atomic E-state index is 8.86. The van der Waals surface area contributed by atoms with Crippen LogP contribution in [-0.4, -0.2) is 18.0 Å². The number of ether oxygens (including phenoxy) is 1. The van der Waals surface area contributed by atoms with Gasteiger partial charge in [0.05, 0.1) is 0 Å². The first kappa shape index (κ1) is 6.05. The summed E-state index contributed by atoms with van der Waals surface area (Å²) in [7, 11) is 0. The molecular weight excluding hydrogens is 104 g/mol. The summed E-state index contributed by atoms with van der Waals surface area (Å²) in [5, 5.41) is 8.86. The summed E-state index contributed by atoms with van der Waals surface area (Å²) in [6.45, 7) is 2.86. The molecule has 0 aliphatic carbocycles. The van der Waals surface area contributed by atoms with E-state index in [1.54, 1.807) is 0 Å². The van der Waals surface area contributed by atoms with Crippen LogP contribution in [0.3, 0.4) is 0 Å². The SMILES string of the molecule is CC1CCOC(O)C1. The molecule has 48 valence electrons. The minimum Gasteiger partial charge on any atom is -0.368 e. The lowest BCUT2D eigenvalue weighted by Gasteiger charge is -2.22. The van der Waals surface area contributed by atoms with Gasteiger partial charge in [-0.3, -0.25) is 0 Å². The third kappa shape index (κ3) is 1.46. The van der Waals surface area contributed by atoms with Crippen molar-refractivity contribution in [3.05, 3.63) is 0 Å². The normalized spacial score (nSPS) is 39.8. The third-order valence-corrected chi connectivity index (χ3v) is 1.52. The van der Waals surface area contributed by atoms with Gasteiger partial charge in [0, 0.05) is 13.0 Å². The van der Waals surface area contributed by atoms with Crippen LogP contribution in [0, 0.1) is 5.92 Å². The van der Waals surface area contributed by atoms with E-state index < -0.39 is 6.29 Å². The molecule has 0 aromatic carbocycles. The van der Waals surface area contributed by atoms with Crippen LogP contribution in [0.15, 0.2) is 0 Å². The minimum absolute atomic E-state index is 0.487. The van der Waals surface area contributed by atoms with Crippen LogP contribution in [0.2, 0.25) is 0 Å². The number of hydrogen-bond donors (Lipinski definition) is 1. The lowest BCUT2D eigenvalue weighted by Crippen LogP contribution is -2.23. The zero-order valence-corrected chi connectivity index (χ0v) is 5.13. The number of aliphatic hydroxyl groups is 1. The van der Waals surface area contributed by atoms with Gasteiger partial charge in [-0.2, -0.15) is 0 Å². The largest absolute Gasteiger partial charge is 0.368 e. The quantitative estimate of drug-likeness (QED) is 0.506. The molecule has 2 heteroatoms. The molecule has 0 spiro atoms. The van der Waals surface area contributed by atoms with E-state index in [9.17, 15) is 0 Å². The summed E-state index contributed by atoms with van der Waals surface area (Å²) in [4.78, 5) is 0. The van der Waals surface area contributed by atoms with E-state index in [2.05, 4.69) is 6.92 Å². The average molecular weight is 116 g/mol. The van der Waals surface area contributed by atoms with Gasteiger partial charge in [-0.25, -0.2) is 0 Å². The summed E-state index contributed by atoms with van der Waals surface area (Å²) in [6, 6.07) is 0. The molecule has 1 saturated heterocycles. The van der Waals surface area contributed by atoms with Gasteiger partial charge in [-0.15, -0.1) is 0 Å². The highest BCUT2D eigenvalue weighted by Crippen LogP contribution is 2.16. The van der Waals surface area contributed by atoms with E-state index in [-0.39, 0.29) is 0 Å². The Morgan fingerprint density at radius 2 is 2.38 bits per heavy atom. The molecule has 8 heavy (non-hydrogen) atoms. The molecule has 1 heterocycles. The summed E-state index contributed by atoms with van der Waals surface area (Å²) >= 11 is 0. The number of rotatable bonds is 0. The molecule has 1 aliphatic heterocycles. The van der Waals surface area contributed by atoms with E-state index in [1.807, 2.05) is 0 Å². The predicted octanol–water partition coefficient (Wildman–Crippen LogP) is 0.751. The first-order valence-corrected chi connectivity index (χ1v) is 3.08. The van der Waals surface area contributed by atoms with Crippen molar-refractivity contribution < 1.29 is 9.84 Å². The molecule has 0 aromatic heterocycles. The molecule has 0 saturated carbocycles. The Kier molecular flexibility index (Phi) is 1.86. The van der Waals surface area contributed by atoms with Crippen molar-refractivity contribution in [1.82, 2.24) is 0 Å². The van der Waals surface area contributed by atoms with Gasteiger partial charge >= 0.3 is 0 Å². The Bertz CT molecular complexity index is 64.9. The van der Waals surface area contributed by atoms with Gasteiger partial charge in [0.2, 0.25) is 0 Å². The topological polar surface area (TPSA) is 29.5 Å². The number of hydrogen-bond acceptors (Lipinski definition) is 2. The minimum atomic E-state index is -0.487. The van der Waals surface area contributed by atoms with Crippen LogP contribution in [0.1, 0.15) is 19.8 Å². The van der Waals surface area contributed by atoms with E-state index in [0.717, 1.165) is 19.4 Å². The van der Waals surface area contributed by atoms with Crippen molar-refractivity contribution in [2.24, 2.45) is 5.92 Å². The Morgan fingerprint density at radius 3 is 2.75 bits per heavy atom. The monoisotopic (exact) mass is 116 g/mol. The Labute approximate surface area is 49.5 Å². The zero-order valence-electron chi connectivity index (χ0n) is 5.13. The third-order valence-electron chi connectivity index (χ3n) is 1.52. The van der Waals surface area contributed by atoms with Crippen LogP contribution in [0.25, 0.3) is 0 Å². The van der Waals surface area contributed by atoms with Crippen LogP contribution in [0.5, 0.6) is 0 Å². The predicted molar refractivity (Wildman–Crippen MR) is 30.4 cm³/mol. The lowest BCUT2D eigenvalue weighted by atomic mass is 10.0. The molecule has 2 nitrogen and oxygen atoms in total. The fourth-order valence-electron chi connectivity index (χ4n) is 0.935. The molecular formula is C6H12O2. The molecule has 0 bridgehead atoms. The molecule has 0 aromatic rings. The molecule has 1 rings (SSSR count). The number of aliphatic hydroxyl groups excluding tert-OH is 1. The second kappa shape index (κ2) is 2.46. The van der Waals surface area contributed by atoms with Gasteiger partial charge in [0.15, 0.2) is 6.29 Å². The summed E-state index contributed by atoms with van der Waals surface area (Å²) < 4.78 is 4.90. The van der Waals surface area contributed by atoms with Gasteiger partial charge in [-0.1, -0.05) is 6.92 Å². The Morgan fingerprint density at radius 1 is 1.62 bits per heavy atom. The molecule has 0 radical (unpaired) electrons. The molecule has 1 N–H and O–H groups in total. The maximum Gasteiger partial charge on any atom is 0.154 e. The van der Waals surface area contributed by atoms with Crippen LogP contribution in [0.4, 0.5) is 0 Å². The van der Waals surface area contributed by atoms with Crippen LogP contribution in [-0.2, 0) is 4.74 Å². The van der Waals surface area contributed by atoms with Gasteiger partial charge in [0.1, 0.15) is 0 Å². The van der Waals surface area contributed by atoms with Crippen molar-refractivity contribution in [2.45, 2.75) is 26.1 Å². The summed E-state index contributed by atoms with van der Waals surface area (Å²) in [5.41, 5.74) is 0. The lowest BCUT2D eigenvalue weighted by molar-refractivity contribution is -0.136. The van der Waals surface area contributed by atoms with Crippen LogP contribution < -0.4 is 0 Å². The molecule has 2 unspecified atom stereocenters. The first-order valence-electron chi connectivity index (χ1n) is 3.08. The van der Waals surface area contributed by atoms with E-state index >= 15 is 0 Å².